The van der Waals surface area contributed by atoms with E-state index >= 15 is 0 Å². The van der Waals surface area contributed by atoms with Crippen LogP contribution in [-0.2, 0) is 9.53 Å². The molecule has 0 saturated carbocycles. The fraction of sp³-hybridized carbons (Fsp3) is 0.833. The molecule has 0 radical (unpaired) electrons. The van der Waals surface area contributed by atoms with Crippen molar-refractivity contribution in [2.75, 3.05) is 5.75 Å². The number of ether oxygens (including phenoxy) is 1. The molecule has 1 rings (SSSR count). The first-order chi connectivity index (χ1) is 8.13. The zero-order valence-electron chi connectivity index (χ0n) is 11.5. The molecule has 0 bridgehead atoms. The molecular formula is C12H21NO4S. The van der Waals surface area contributed by atoms with Gasteiger partial charge in [0.15, 0.2) is 0 Å². The number of amides is 1. The highest BCUT2D eigenvalue weighted by molar-refractivity contribution is 8.00. The Morgan fingerprint density at radius 3 is 2.33 bits per heavy atom. The van der Waals surface area contributed by atoms with Gasteiger partial charge in [0.2, 0.25) is 0 Å². The summed E-state index contributed by atoms with van der Waals surface area (Å²) in [5.41, 5.74) is -0.616. The van der Waals surface area contributed by atoms with Gasteiger partial charge in [0.05, 0.1) is 5.37 Å². The van der Waals surface area contributed by atoms with E-state index in [0.717, 1.165) is 0 Å². The summed E-state index contributed by atoms with van der Waals surface area (Å²) in [6.45, 7) is 9.26. The van der Waals surface area contributed by atoms with Crippen LogP contribution in [0.15, 0.2) is 0 Å². The predicted molar refractivity (Wildman–Crippen MR) is 70.6 cm³/mol. The highest BCUT2D eigenvalue weighted by atomic mass is 32.2. The molecule has 0 aromatic carbocycles. The van der Waals surface area contributed by atoms with E-state index in [0.29, 0.717) is 5.75 Å². The third kappa shape index (κ3) is 3.54. The van der Waals surface area contributed by atoms with Crippen molar-refractivity contribution >= 4 is 23.8 Å². The first-order valence-electron chi connectivity index (χ1n) is 5.99. The molecule has 104 valence electrons. The number of rotatable bonds is 2. The van der Waals surface area contributed by atoms with Crippen LogP contribution in [0.1, 0.15) is 34.6 Å². The van der Waals surface area contributed by atoms with Crippen molar-refractivity contribution in [2.24, 2.45) is 5.92 Å². The van der Waals surface area contributed by atoms with Gasteiger partial charge in [0.1, 0.15) is 11.6 Å². The first kappa shape index (κ1) is 15.1. The van der Waals surface area contributed by atoms with Gasteiger partial charge in [-0.3, -0.25) is 4.90 Å². The number of nitrogens with zero attached hydrogens (tertiary/aromatic N) is 1. The van der Waals surface area contributed by atoms with Gasteiger partial charge in [-0.1, -0.05) is 13.8 Å². The van der Waals surface area contributed by atoms with Crippen LogP contribution in [0.25, 0.3) is 0 Å². The number of carboxylic acids is 1. The summed E-state index contributed by atoms with van der Waals surface area (Å²) in [4.78, 5) is 24.7. The monoisotopic (exact) mass is 275 g/mol. The van der Waals surface area contributed by atoms with Crippen LogP contribution < -0.4 is 0 Å². The SMILES string of the molecule is CC(C)C1SCC(C(=O)O)N1C(=O)OC(C)(C)C. The van der Waals surface area contributed by atoms with Gasteiger partial charge in [-0.15, -0.1) is 11.8 Å². The van der Waals surface area contributed by atoms with E-state index in [4.69, 9.17) is 9.84 Å². The van der Waals surface area contributed by atoms with Crippen LogP contribution in [0.2, 0.25) is 0 Å². The Morgan fingerprint density at radius 2 is 1.94 bits per heavy atom. The molecule has 18 heavy (non-hydrogen) atoms. The minimum absolute atomic E-state index is 0.138. The van der Waals surface area contributed by atoms with Crippen molar-refractivity contribution in [3.63, 3.8) is 0 Å². The summed E-state index contributed by atoms with van der Waals surface area (Å²) >= 11 is 1.49. The van der Waals surface area contributed by atoms with Gasteiger partial charge < -0.3 is 9.84 Å². The molecular weight excluding hydrogens is 254 g/mol. The molecule has 0 aromatic heterocycles. The fourth-order valence-electron chi connectivity index (χ4n) is 1.78. The maximum Gasteiger partial charge on any atom is 0.411 e. The summed E-state index contributed by atoms with van der Waals surface area (Å²) in [5.74, 6) is -0.374. The lowest BCUT2D eigenvalue weighted by molar-refractivity contribution is -0.142. The topological polar surface area (TPSA) is 66.8 Å². The van der Waals surface area contributed by atoms with Crippen molar-refractivity contribution in [2.45, 2.75) is 51.6 Å². The van der Waals surface area contributed by atoms with Gasteiger partial charge >= 0.3 is 12.1 Å². The van der Waals surface area contributed by atoms with Gasteiger partial charge in [-0.2, -0.15) is 0 Å². The summed E-state index contributed by atoms with van der Waals surface area (Å²) in [6, 6.07) is -0.794. The van der Waals surface area contributed by atoms with E-state index in [1.54, 1.807) is 20.8 Å². The van der Waals surface area contributed by atoms with Crippen LogP contribution >= 0.6 is 11.8 Å². The Balaban J connectivity index is 2.89. The second kappa shape index (κ2) is 5.38. The molecule has 0 spiro atoms. The lowest BCUT2D eigenvalue weighted by atomic mass is 10.1. The van der Waals surface area contributed by atoms with E-state index in [-0.39, 0.29) is 11.3 Å². The van der Waals surface area contributed by atoms with Gasteiger partial charge in [-0.25, -0.2) is 9.59 Å². The largest absolute Gasteiger partial charge is 0.480 e. The minimum Gasteiger partial charge on any atom is -0.480 e. The quantitative estimate of drug-likeness (QED) is 0.838. The van der Waals surface area contributed by atoms with Gasteiger partial charge in [0, 0.05) is 5.75 Å². The number of carbonyl (C=O) groups excluding carboxylic acids is 1. The minimum atomic E-state index is -0.975. The summed E-state index contributed by atoms with van der Waals surface area (Å²) in [7, 11) is 0. The van der Waals surface area contributed by atoms with Crippen molar-refractivity contribution in [3.05, 3.63) is 0 Å². The molecule has 0 aromatic rings. The summed E-state index contributed by atoms with van der Waals surface area (Å²) in [6.07, 6.45) is -0.543. The van der Waals surface area contributed by atoms with Crippen molar-refractivity contribution in [3.8, 4) is 0 Å². The first-order valence-corrected chi connectivity index (χ1v) is 7.04. The van der Waals surface area contributed by atoms with Crippen LogP contribution in [0.5, 0.6) is 0 Å². The van der Waals surface area contributed by atoms with Crippen LogP contribution in [0.3, 0.4) is 0 Å². The average Bonchev–Trinajstić information content (AvgIpc) is 2.58. The lowest BCUT2D eigenvalue weighted by Gasteiger charge is -2.31. The Kier molecular flexibility index (Phi) is 4.53. The van der Waals surface area contributed by atoms with E-state index in [1.807, 2.05) is 13.8 Å². The molecule has 1 heterocycles. The maximum atomic E-state index is 12.1. The molecule has 1 amide bonds. The van der Waals surface area contributed by atoms with Crippen molar-refractivity contribution in [1.82, 2.24) is 4.90 Å². The predicted octanol–water partition coefficient (Wildman–Crippen LogP) is 2.41. The molecule has 1 saturated heterocycles. The number of hydrogen-bond acceptors (Lipinski definition) is 4. The molecule has 6 heteroatoms. The maximum absolute atomic E-state index is 12.1. The Morgan fingerprint density at radius 1 is 1.39 bits per heavy atom. The average molecular weight is 275 g/mol. The second-order valence-electron chi connectivity index (χ2n) is 5.71. The Labute approximate surface area is 112 Å². The van der Waals surface area contributed by atoms with Crippen LogP contribution in [0.4, 0.5) is 4.79 Å². The summed E-state index contributed by atoms with van der Waals surface area (Å²) < 4.78 is 5.29. The van der Waals surface area contributed by atoms with Gasteiger partial charge in [0.25, 0.3) is 0 Å². The highest BCUT2D eigenvalue weighted by Gasteiger charge is 2.44. The molecule has 5 nitrogen and oxygen atoms in total. The van der Waals surface area contributed by atoms with E-state index in [2.05, 4.69) is 0 Å². The Bertz CT molecular complexity index is 337. The Hall–Kier alpha value is -0.910. The van der Waals surface area contributed by atoms with Crippen molar-refractivity contribution in [1.29, 1.82) is 0 Å². The molecule has 0 aliphatic carbocycles. The zero-order valence-corrected chi connectivity index (χ0v) is 12.3. The third-order valence-electron chi connectivity index (χ3n) is 2.49. The highest BCUT2D eigenvalue weighted by Crippen LogP contribution is 2.35. The number of aliphatic carboxylic acids is 1. The number of carbonyl (C=O) groups is 2. The normalized spacial score (nSPS) is 24.4. The summed E-state index contributed by atoms with van der Waals surface area (Å²) in [5, 5.41) is 9.03. The van der Waals surface area contributed by atoms with Crippen molar-refractivity contribution < 1.29 is 19.4 Å². The number of hydrogen-bond donors (Lipinski definition) is 1. The fourth-order valence-corrected chi connectivity index (χ4v) is 3.24. The number of carboxylic acid groups (broad SMARTS) is 1. The van der Waals surface area contributed by atoms with E-state index in [1.165, 1.54) is 16.7 Å². The second-order valence-corrected chi connectivity index (χ2v) is 6.86. The van der Waals surface area contributed by atoms with Gasteiger partial charge in [-0.05, 0) is 26.7 Å². The number of thioether (sulfide) groups is 1. The third-order valence-corrected chi connectivity index (χ3v) is 4.12. The zero-order chi connectivity index (χ0) is 14.1. The standard InChI is InChI=1S/C12H21NO4S/c1-7(2)9-13(8(6-18-9)10(14)15)11(16)17-12(3,4)5/h7-9H,6H2,1-5H3,(H,14,15). The molecule has 1 N–H and O–H groups in total. The van der Waals surface area contributed by atoms with E-state index < -0.39 is 23.7 Å². The smallest absolute Gasteiger partial charge is 0.411 e. The van der Waals surface area contributed by atoms with Crippen LogP contribution in [-0.4, -0.2) is 44.8 Å². The molecule has 1 aliphatic heterocycles. The lowest BCUT2D eigenvalue weighted by Crippen LogP contribution is -2.49. The van der Waals surface area contributed by atoms with E-state index in [9.17, 15) is 9.59 Å². The molecule has 2 atom stereocenters. The van der Waals surface area contributed by atoms with Crippen LogP contribution in [0, 0.1) is 5.92 Å². The molecule has 1 aliphatic rings. The molecule has 2 unspecified atom stereocenters. The molecule has 1 fully saturated rings.